The van der Waals surface area contributed by atoms with Gasteiger partial charge in [-0.15, -0.1) is 0 Å². The van der Waals surface area contributed by atoms with Gasteiger partial charge in [0, 0.05) is 23.5 Å². The molecule has 5 heteroatoms. The fourth-order valence-corrected chi connectivity index (χ4v) is 1.50. The fourth-order valence-electron chi connectivity index (χ4n) is 1.50. The molecule has 0 aliphatic carbocycles. The van der Waals surface area contributed by atoms with Gasteiger partial charge in [-0.05, 0) is 19.1 Å². The number of amides is 1. The van der Waals surface area contributed by atoms with E-state index in [0.717, 1.165) is 12.1 Å². The standard InChI is InChI=1S/C11H10F2N2O/c1-2-14-11(16)10-4-6-3-7(12)8(13)5-9(6)15-10/h3-5,15H,2H2,1H3,(H,14,16). The van der Waals surface area contributed by atoms with Crippen molar-refractivity contribution in [2.24, 2.45) is 0 Å². The summed E-state index contributed by atoms with van der Waals surface area (Å²) in [4.78, 5) is 14.2. The minimum Gasteiger partial charge on any atom is -0.351 e. The molecule has 0 aliphatic rings. The number of aromatic amines is 1. The first-order valence-electron chi connectivity index (χ1n) is 4.87. The summed E-state index contributed by atoms with van der Waals surface area (Å²) in [7, 11) is 0. The van der Waals surface area contributed by atoms with Crippen LogP contribution in [0, 0.1) is 11.6 Å². The highest BCUT2D eigenvalue weighted by Crippen LogP contribution is 2.19. The van der Waals surface area contributed by atoms with Crippen molar-refractivity contribution in [3.05, 3.63) is 35.5 Å². The van der Waals surface area contributed by atoms with Crippen molar-refractivity contribution in [1.29, 1.82) is 0 Å². The maximum atomic E-state index is 12.9. The van der Waals surface area contributed by atoms with E-state index in [9.17, 15) is 13.6 Å². The fraction of sp³-hybridized carbons (Fsp3) is 0.182. The van der Waals surface area contributed by atoms with Crippen molar-refractivity contribution in [2.75, 3.05) is 6.54 Å². The number of halogens is 2. The quantitative estimate of drug-likeness (QED) is 0.807. The van der Waals surface area contributed by atoms with E-state index in [1.54, 1.807) is 6.92 Å². The number of benzene rings is 1. The molecule has 0 aliphatic heterocycles. The zero-order valence-electron chi connectivity index (χ0n) is 8.60. The lowest BCUT2D eigenvalue weighted by Gasteiger charge is -1.96. The maximum Gasteiger partial charge on any atom is 0.267 e. The van der Waals surface area contributed by atoms with Crippen LogP contribution in [0.2, 0.25) is 0 Å². The van der Waals surface area contributed by atoms with Crippen LogP contribution in [0.1, 0.15) is 17.4 Å². The second-order valence-corrected chi connectivity index (χ2v) is 3.40. The second-order valence-electron chi connectivity index (χ2n) is 3.40. The van der Waals surface area contributed by atoms with E-state index in [-0.39, 0.29) is 5.91 Å². The van der Waals surface area contributed by atoms with E-state index < -0.39 is 11.6 Å². The van der Waals surface area contributed by atoms with Crippen LogP contribution in [0.25, 0.3) is 10.9 Å². The van der Waals surface area contributed by atoms with Gasteiger partial charge in [0.05, 0.1) is 0 Å². The molecule has 1 amide bonds. The number of fused-ring (bicyclic) bond motifs is 1. The third kappa shape index (κ3) is 1.76. The van der Waals surface area contributed by atoms with Crippen LogP contribution >= 0.6 is 0 Å². The molecule has 1 aromatic carbocycles. The molecule has 16 heavy (non-hydrogen) atoms. The molecular weight excluding hydrogens is 214 g/mol. The summed E-state index contributed by atoms with van der Waals surface area (Å²) in [6.07, 6.45) is 0. The molecule has 3 nitrogen and oxygen atoms in total. The molecule has 2 rings (SSSR count). The van der Waals surface area contributed by atoms with Gasteiger partial charge in [-0.25, -0.2) is 8.78 Å². The molecule has 2 N–H and O–H groups in total. The normalized spacial score (nSPS) is 10.7. The van der Waals surface area contributed by atoms with Gasteiger partial charge in [-0.2, -0.15) is 0 Å². The zero-order valence-corrected chi connectivity index (χ0v) is 8.60. The highest BCUT2D eigenvalue weighted by molar-refractivity contribution is 5.97. The lowest BCUT2D eigenvalue weighted by molar-refractivity contribution is 0.0951. The molecule has 0 fully saturated rings. The van der Waals surface area contributed by atoms with E-state index in [1.165, 1.54) is 6.07 Å². The predicted octanol–water partition coefficient (Wildman–Crippen LogP) is 2.20. The molecule has 0 saturated heterocycles. The summed E-state index contributed by atoms with van der Waals surface area (Å²) in [5, 5.41) is 3.07. The SMILES string of the molecule is CCNC(=O)c1cc2cc(F)c(F)cc2[nH]1. The van der Waals surface area contributed by atoms with Crippen LogP contribution < -0.4 is 5.32 Å². The van der Waals surface area contributed by atoms with E-state index in [0.29, 0.717) is 23.1 Å². The first kappa shape index (κ1) is 10.6. The average molecular weight is 224 g/mol. The average Bonchev–Trinajstić information content (AvgIpc) is 2.62. The van der Waals surface area contributed by atoms with Crippen molar-refractivity contribution in [3.8, 4) is 0 Å². The Morgan fingerprint density at radius 3 is 2.69 bits per heavy atom. The molecular formula is C11H10F2N2O. The largest absolute Gasteiger partial charge is 0.351 e. The number of hydrogen-bond donors (Lipinski definition) is 2. The van der Waals surface area contributed by atoms with Crippen molar-refractivity contribution >= 4 is 16.8 Å². The third-order valence-corrected chi connectivity index (χ3v) is 2.24. The van der Waals surface area contributed by atoms with Crippen LogP contribution in [0.5, 0.6) is 0 Å². The van der Waals surface area contributed by atoms with Crippen LogP contribution in [-0.2, 0) is 0 Å². The monoisotopic (exact) mass is 224 g/mol. The maximum absolute atomic E-state index is 12.9. The Balaban J connectivity index is 2.48. The Hall–Kier alpha value is -1.91. The Morgan fingerprint density at radius 1 is 1.31 bits per heavy atom. The number of rotatable bonds is 2. The van der Waals surface area contributed by atoms with Crippen LogP contribution in [0.3, 0.4) is 0 Å². The van der Waals surface area contributed by atoms with Gasteiger partial charge in [0.1, 0.15) is 5.69 Å². The number of hydrogen-bond acceptors (Lipinski definition) is 1. The number of aromatic nitrogens is 1. The molecule has 0 unspecified atom stereocenters. The summed E-state index contributed by atoms with van der Waals surface area (Å²) >= 11 is 0. The molecule has 0 bridgehead atoms. The number of H-pyrrole nitrogens is 1. The van der Waals surface area contributed by atoms with Gasteiger partial charge < -0.3 is 10.3 Å². The van der Waals surface area contributed by atoms with Gasteiger partial charge in [0.2, 0.25) is 0 Å². The summed E-state index contributed by atoms with van der Waals surface area (Å²) in [6.45, 7) is 2.29. The Kier molecular flexibility index (Phi) is 2.60. The molecule has 1 heterocycles. The smallest absolute Gasteiger partial charge is 0.267 e. The number of carbonyl (C=O) groups excluding carboxylic acids is 1. The summed E-state index contributed by atoms with van der Waals surface area (Å²) < 4.78 is 25.8. The highest BCUT2D eigenvalue weighted by atomic mass is 19.2. The summed E-state index contributed by atoms with van der Waals surface area (Å²) in [5.41, 5.74) is 0.696. The molecule has 1 aromatic heterocycles. The van der Waals surface area contributed by atoms with E-state index >= 15 is 0 Å². The topological polar surface area (TPSA) is 44.9 Å². The lowest BCUT2D eigenvalue weighted by Crippen LogP contribution is -2.22. The molecule has 0 saturated carbocycles. The van der Waals surface area contributed by atoms with Gasteiger partial charge in [0.25, 0.3) is 5.91 Å². The van der Waals surface area contributed by atoms with Gasteiger partial charge in [-0.1, -0.05) is 0 Å². The second kappa shape index (κ2) is 3.92. The number of carbonyl (C=O) groups is 1. The minimum absolute atomic E-state index is 0.292. The van der Waals surface area contributed by atoms with Gasteiger partial charge in [0.15, 0.2) is 11.6 Å². The summed E-state index contributed by atoms with van der Waals surface area (Å²) in [6, 6.07) is 3.58. The van der Waals surface area contributed by atoms with Crippen LogP contribution in [-0.4, -0.2) is 17.4 Å². The van der Waals surface area contributed by atoms with E-state index in [4.69, 9.17) is 0 Å². The van der Waals surface area contributed by atoms with Crippen molar-refractivity contribution < 1.29 is 13.6 Å². The third-order valence-electron chi connectivity index (χ3n) is 2.24. The lowest BCUT2D eigenvalue weighted by atomic mass is 10.2. The molecule has 2 aromatic rings. The Bertz CT molecular complexity index is 509. The van der Waals surface area contributed by atoms with Gasteiger partial charge >= 0.3 is 0 Å². The first-order chi connectivity index (χ1) is 7.61. The molecule has 0 atom stereocenters. The molecule has 84 valence electrons. The first-order valence-corrected chi connectivity index (χ1v) is 4.87. The Morgan fingerprint density at radius 2 is 2.00 bits per heavy atom. The highest BCUT2D eigenvalue weighted by Gasteiger charge is 2.11. The molecule has 0 spiro atoms. The zero-order chi connectivity index (χ0) is 11.7. The van der Waals surface area contributed by atoms with Crippen molar-refractivity contribution in [2.45, 2.75) is 6.92 Å². The van der Waals surface area contributed by atoms with Crippen molar-refractivity contribution in [1.82, 2.24) is 10.3 Å². The minimum atomic E-state index is -0.934. The Labute approximate surface area is 90.5 Å². The van der Waals surface area contributed by atoms with E-state index in [1.807, 2.05) is 0 Å². The van der Waals surface area contributed by atoms with Gasteiger partial charge in [-0.3, -0.25) is 4.79 Å². The number of nitrogens with one attached hydrogen (secondary N) is 2. The molecule has 0 radical (unpaired) electrons. The van der Waals surface area contributed by atoms with Crippen molar-refractivity contribution in [3.63, 3.8) is 0 Å². The van der Waals surface area contributed by atoms with Crippen LogP contribution in [0.15, 0.2) is 18.2 Å². The van der Waals surface area contributed by atoms with E-state index in [2.05, 4.69) is 10.3 Å². The predicted molar refractivity (Wildman–Crippen MR) is 56.2 cm³/mol. The van der Waals surface area contributed by atoms with Crippen LogP contribution in [0.4, 0.5) is 8.78 Å². The summed E-state index contributed by atoms with van der Waals surface area (Å²) in [5.74, 6) is -2.15.